The smallest absolute Gasteiger partial charge is 0.310 e. The first-order chi connectivity index (χ1) is 6.65. The molecule has 0 heterocycles. The van der Waals surface area contributed by atoms with Gasteiger partial charge in [0.1, 0.15) is 0 Å². The normalized spacial score (nSPS) is 28.6. The molecule has 1 aliphatic rings. The van der Waals surface area contributed by atoms with Gasteiger partial charge in [-0.25, -0.2) is 0 Å². The Bertz CT molecular complexity index is 234. The van der Waals surface area contributed by atoms with Crippen LogP contribution in [0.2, 0.25) is 0 Å². The molecule has 0 spiro atoms. The number of methoxy groups -OCH3 is 1. The molecule has 80 valence electrons. The summed E-state index contributed by atoms with van der Waals surface area (Å²) < 4.78 is 4.69. The van der Waals surface area contributed by atoms with Crippen molar-refractivity contribution in [1.29, 1.82) is 0 Å². The van der Waals surface area contributed by atoms with Crippen molar-refractivity contribution in [2.24, 2.45) is 10.9 Å². The summed E-state index contributed by atoms with van der Waals surface area (Å²) in [4.78, 5) is 15.3. The van der Waals surface area contributed by atoms with E-state index in [0.29, 0.717) is 0 Å². The highest BCUT2D eigenvalue weighted by molar-refractivity contribution is 5.74. The maximum Gasteiger partial charge on any atom is 0.310 e. The number of carbonyl (C=O) groups excluding carboxylic acids is 1. The molecule has 2 atom stereocenters. The molecule has 2 unspecified atom stereocenters. The lowest BCUT2D eigenvalue weighted by Gasteiger charge is -2.27. The molecule has 1 rings (SSSR count). The third-order valence-electron chi connectivity index (χ3n) is 2.58. The highest BCUT2D eigenvalue weighted by Crippen LogP contribution is 2.27. The van der Waals surface area contributed by atoms with E-state index in [9.17, 15) is 9.90 Å². The number of hydrogen-bond acceptors (Lipinski definition) is 4. The summed E-state index contributed by atoms with van der Waals surface area (Å²) in [6, 6.07) is -0.159. The molecule has 4 heteroatoms. The van der Waals surface area contributed by atoms with Crippen molar-refractivity contribution in [3.05, 3.63) is 0 Å². The zero-order chi connectivity index (χ0) is 10.6. The van der Waals surface area contributed by atoms with Crippen molar-refractivity contribution in [2.75, 3.05) is 7.11 Å². The molecule has 1 fully saturated rings. The highest BCUT2D eigenvalue weighted by Gasteiger charge is 2.30. The lowest BCUT2D eigenvalue weighted by atomic mass is 9.85. The van der Waals surface area contributed by atoms with Gasteiger partial charge >= 0.3 is 5.97 Å². The monoisotopic (exact) mass is 198 g/mol. The third-order valence-corrected chi connectivity index (χ3v) is 2.58. The number of esters is 1. The van der Waals surface area contributed by atoms with E-state index in [4.69, 9.17) is 4.74 Å². The van der Waals surface area contributed by atoms with E-state index in [1.807, 2.05) is 0 Å². The van der Waals surface area contributed by atoms with Crippen molar-refractivity contribution in [3.8, 4) is 0 Å². The van der Waals surface area contributed by atoms with Gasteiger partial charge in [-0.3, -0.25) is 4.79 Å². The lowest BCUT2D eigenvalue weighted by molar-refractivity contribution is -0.216. The summed E-state index contributed by atoms with van der Waals surface area (Å²) in [6.07, 6.45) is 3.66. The van der Waals surface area contributed by atoms with Gasteiger partial charge in [-0.1, -0.05) is 12.8 Å². The van der Waals surface area contributed by atoms with Gasteiger partial charge in [-0.2, -0.15) is 0 Å². The standard InChI is InChI=1S/C10H17NO3/c1-7(12)11-9-6-4-3-5-8(9)10(13)14-2/h8-9H,3-6H2,1-2H3,(H,11,12)/p-1. The van der Waals surface area contributed by atoms with Crippen molar-refractivity contribution in [1.82, 2.24) is 0 Å². The van der Waals surface area contributed by atoms with Gasteiger partial charge in [-0.15, -0.1) is 0 Å². The topological polar surface area (TPSA) is 61.7 Å². The number of nitrogens with zero attached hydrogens (tertiary/aromatic N) is 1. The highest BCUT2D eigenvalue weighted by atomic mass is 16.5. The molecule has 0 aromatic carbocycles. The van der Waals surface area contributed by atoms with Crippen LogP contribution in [0, 0.1) is 5.92 Å². The van der Waals surface area contributed by atoms with E-state index in [-0.39, 0.29) is 23.8 Å². The fourth-order valence-electron chi connectivity index (χ4n) is 1.93. The summed E-state index contributed by atoms with van der Waals surface area (Å²) in [5.41, 5.74) is 0. The van der Waals surface area contributed by atoms with E-state index in [2.05, 4.69) is 4.99 Å². The Morgan fingerprint density at radius 3 is 2.64 bits per heavy atom. The minimum Gasteiger partial charge on any atom is -0.862 e. The first-order valence-corrected chi connectivity index (χ1v) is 4.94. The van der Waals surface area contributed by atoms with Gasteiger partial charge in [0.2, 0.25) is 0 Å². The summed E-state index contributed by atoms with van der Waals surface area (Å²) >= 11 is 0. The average molecular weight is 198 g/mol. The van der Waals surface area contributed by atoms with Crippen LogP contribution in [0.15, 0.2) is 4.99 Å². The van der Waals surface area contributed by atoms with E-state index in [1.54, 1.807) is 0 Å². The summed E-state index contributed by atoms with van der Waals surface area (Å²) in [6.45, 7) is 1.42. The van der Waals surface area contributed by atoms with Gasteiger partial charge < -0.3 is 14.8 Å². The number of aliphatic imine (C=N–C) groups is 1. The predicted octanol–water partition coefficient (Wildman–Crippen LogP) is 0.497. The molecule has 0 amide bonds. The zero-order valence-corrected chi connectivity index (χ0v) is 8.66. The molecular formula is C10H16NO3-. The number of rotatable bonds is 2. The Balaban J connectivity index is 2.68. The molecule has 0 radical (unpaired) electrons. The summed E-state index contributed by atoms with van der Waals surface area (Å²) in [5, 5.41) is 10.8. The minimum atomic E-state index is -0.236. The first kappa shape index (κ1) is 11.0. The van der Waals surface area contributed by atoms with Gasteiger partial charge in [-0.05, 0) is 25.7 Å². The molecule has 0 aliphatic heterocycles. The van der Waals surface area contributed by atoms with Crippen LogP contribution >= 0.6 is 0 Å². The van der Waals surface area contributed by atoms with E-state index in [0.717, 1.165) is 25.7 Å². The lowest BCUT2D eigenvalue weighted by Crippen LogP contribution is -2.33. The summed E-state index contributed by atoms with van der Waals surface area (Å²) in [5.74, 6) is -0.650. The molecule has 4 nitrogen and oxygen atoms in total. The largest absolute Gasteiger partial charge is 0.862 e. The van der Waals surface area contributed by atoms with Crippen LogP contribution in [-0.2, 0) is 9.53 Å². The Labute approximate surface area is 84.0 Å². The van der Waals surface area contributed by atoms with Crippen LogP contribution in [0.4, 0.5) is 0 Å². The second kappa shape index (κ2) is 4.98. The van der Waals surface area contributed by atoms with Gasteiger partial charge in [0, 0.05) is 0 Å². The first-order valence-electron chi connectivity index (χ1n) is 4.94. The fourth-order valence-corrected chi connectivity index (χ4v) is 1.93. The molecule has 0 saturated heterocycles. The van der Waals surface area contributed by atoms with E-state index in [1.165, 1.54) is 14.0 Å². The SMILES string of the molecule is COC(=O)C1CCCCC1N=C(C)[O-]. The van der Waals surface area contributed by atoms with Crippen molar-refractivity contribution in [2.45, 2.75) is 38.6 Å². The van der Waals surface area contributed by atoms with Gasteiger partial charge in [0.15, 0.2) is 0 Å². The van der Waals surface area contributed by atoms with Crippen LogP contribution in [0.3, 0.4) is 0 Å². The number of ether oxygens (including phenoxy) is 1. The third kappa shape index (κ3) is 2.72. The van der Waals surface area contributed by atoms with Gasteiger partial charge in [0.05, 0.1) is 19.1 Å². The maximum atomic E-state index is 11.4. The van der Waals surface area contributed by atoms with Crippen LogP contribution in [0.1, 0.15) is 32.6 Å². The molecule has 14 heavy (non-hydrogen) atoms. The molecule has 0 aromatic heterocycles. The quantitative estimate of drug-likeness (QED) is 0.368. The number of carbonyl (C=O) groups is 1. The Morgan fingerprint density at radius 1 is 1.43 bits per heavy atom. The van der Waals surface area contributed by atoms with Crippen molar-refractivity contribution < 1.29 is 14.6 Å². The molecule has 1 saturated carbocycles. The molecule has 0 N–H and O–H groups in total. The number of hydrogen-bond donors (Lipinski definition) is 0. The Hall–Kier alpha value is -1.06. The van der Waals surface area contributed by atoms with E-state index >= 15 is 0 Å². The second-order valence-corrected chi connectivity index (χ2v) is 3.63. The Kier molecular flexibility index (Phi) is 3.92. The minimum absolute atomic E-state index is 0.159. The van der Waals surface area contributed by atoms with Crippen LogP contribution < -0.4 is 5.11 Å². The maximum absolute atomic E-state index is 11.4. The van der Waals surface area contributed by atoms with Crippen LogP contribution in [-0.4, -0.2) is 25.0 Å². The zero-order valence-electron chi connectivity index (χ0n) is 8.66. The predicted molar refractivity (Wildman–Crippen MR) is 50.9 cm³/mol. The van der Waals surface area contributed by atoms with Crippen LogP contribution in [0.25, 0.3) is 0 Å². The second-order valence-electron chi connectivity index (χ2n) is 3.63. The van der Waals surface area contributed by atoms with E-state index < -0.39 is 0 Å². The van der Waals surface area contributed by atoms with Crippen LogP contribution in [0.5, 0.6) is 0 Å². The molecule has 1 aliphatic carbocycles. The van der Waals surface area contributed by atoms with Crippen molar-refractivity contribution in [3.63, 3.8) is 0 Å². The summed E-state index contributed by atoms with van der Waals surface area (Å²) in [7, 11) is 1.38. The fraction of sp³-hybridized carbons (Fsp3) is 0.800. The molecular weight excluding hydrogens is 182 g/mol. The van der Waals surface area contributed by atoms with Crippen molar-refractivity contribution >= 4 is 11.9 Å². The molecule has 0 aromatic rings. The average Bonchev–Trinajstić information content (AvgIpc) is 2.16. The Morgan fingerprint density at radius 2 is 2.07 bits per heavy atom. The molecule has 0 bridgehead atoms. The van der Waals surface area contributed by atoms with Gasteiger partial charge in [0.25, 0.3) is 0 Å².